The second kappa shape index (κ2) is 6.97. The number of rotatable bonds is 5. The molecule has 1 aromatic heterocycles. The lowest BCUT2D eigenvalue weighted by Crippen LogP contribution is -2.39. The summed E-state index contributed by atoms with van der Waals surface area (Å²) in [6, 6.07) is 9.51. The molecular weight excluding hydrogens is 310 g/mol. The van der Waals surface area contributed by atoms with E-state index in [2.05, 4.69) is 4.90 Å². The van der Waals surface area contributed by atoms with Gasteiger partial charge < -0.3 is 18.6 Å². The summed E-state index contributed by atoms with van der Waals surface area (Å²) in [6.07, 6.45) is -0.0546. The van der Waals surface area contributed by atoms with Crippen LogP contribution in [0.2, 0.25) is 0 Å². The van der Waals surface area contributed by atoms with E-state index in [4.69, 9.17) is 18.6 Å². The molecule has 0 fully saturated rings. The topological polar surface area (TPSA) is 61.1 Å². The van der Waals surface area contributed by atoms with Gasteiger partial charge >= 0.3 is 5.97 Å². The monoisotopic (exact) mass is 331 g/mol. The molecule has 1 atom stereocenters. The average molecular weight is 331 g/mol. The summed E-state index contributed by atoms with van der Waals surface area (Å²) in [5.74, 6) is 2.06. The highest BCUT2D eigenvalue weighted by molar-refractivity contribution is 5.87. The van der Waals surface area contributed by atoms with Gasteiger partial charge in [-0.1, -0.05) is 12.1 Å². The molecule has 1 aliphatic rings. The normalized spacial score (nSPS) is 16.2. The number of benzene rings is 1. The van der Waals surface area contributed by atoms with Crippen molar-refractivity contribution in [2.75, 3.05) is 27.3 Å². The number of nitrogens with zero attached hydrogens (tertiary/aromatic N) is 1. The van der Waals surface area contributed by atoms with Crippen molar-refractivity contribution in [3.8, 4) is 11.5 Å². The fourth-order valence-electron chi connectivity index (χ4n) is 2.75. The van der Waals surface area contributed by atoms with Gasteiger partial charge in [-0.3, -0.25) is 4.90 Å². The SMILES string of the molecule is COC(=O)c1oc(CN(C)CC2COc3ccccc3O2)cc1C. The number of para-hydroxylation sites is 2. The number of likely N-dealkylation sites (N-methyl/N-ethyl adjacent to an activating group) is 1. The van der Waals surface area contributed by atoms with Gasteiger partial charge in [-0.25, -0.2) is 4.79 Å². The van der Waals surface area contributed by atoms with Crippen LogP contribution in [0.3, 0.4) is 0 Å². The lowest BCUT2D eigenvalue weighted by atomic mass is 10.2. The van der Waals surface area contributed by atoms with Crippen LogP contribution in [-0.2, 0) is 11.3 Å². The molecule has 0 aliphatic carbocycles. The number of furan rings is 1. The molecule has 0 N–H and O–H groups in total. The van der Waals surface area contributed by atoms with Gasteiger partial charge in [0.25, 0.3) is 0 Å². The van der Waals surface area contributed by atoms with Crippen LogP contribution in [0.4, 0.5) is 0 Å². The third kappa shape index (κ3) is 3.54. The molecule has 3 rings (SSSR count). The molecular formula is C18H21NO5. The highest BCUT2D eigenvalue weighted by Crippen LogP contribution is 2.31. The van der Waals surface area contributed by atoms with Crippen molar-refractivity contribution < 1.29 is 23.4 Å². The highest BCUT2D eigenvalue weighted by atomic mass is 16.6. The summed E-state index contributed by atoms with van der Waals surface area (Å²) in [6.45, 7) is 3.58. The molecule has 6 heteroatoms. The molecule has 1 unspecified atom stereocenters. The van der Waals surface area contributed by atoms with E-state index in [-0.39, 0.29) is 11.9 Å². The second-order valence-corrected chi connectivity index (χ2v) is 5.91. The highest BCUT2D eigenvalue weighted by Gasteiger charge is 2.23. The molecule has 0 amide bonds. The number of hydrogen-bond acceptors (Lipinski definition) is 6. The van der Waals surface area contributed by atoms with Crippen molar-refractivity contribution in [2.45, 2.75) is 19.6 Å². The molecule has 6 nitrogen and oxygen atoms in total. The van der Waals surface area contributed by atoms with Gasteiger partial charge in [0.15, 0.2) is 11.5 Å². The van der Waals surface area contributed by atoms with Crippen LogP contribution in [0.1, 0.15) is 21.9 Å². The van der Waals surface area contributed by atoms with Gasteiger partial charge in [0.05, 0.1) is 13.7 Å². The van der Waals surface area contributed by atoms with Gasteiger partial charge in [-0.15, -0.1) is 0 Å². The minimum atomic E-state index is -0.456. The Bertz CT molecular complexity index is 724. The predicted molar refractivity (Wildman–Crippen MR) is 87.5 cm³/mol. The Labute approximate surface area is 140 Å². The smallest absolute Gasteiger partial charge is 0.374 e. The number of fused-ring (bicyclic) bond motifs is 1. The minimum absolute atomic E-state index is 0.0546. The number of ether oxygens (including phenoxy) is 3. The van der Waals surface area contributed by atoms with Crippen LogP contribution in [0.25, 0.3) is 0 Å². The van der Waals surface area contributed by atoms with Crippen LogP contribution in [0.5, 0.6) is 11.5 Å². The Balaban J connectivity index is 1.58. The summed E-state index contributed by atoms with van der Waals surface area (Å²) < 4.78 is 22.0. The first-order chi connectivity index (χ1) is 11.6. The first kappa shape index (κ1) is 16.4. The third-order valence-electron chi connectivity index (χ3n) is 3.85. The standard InChI is InChI=1S/C18H21NO5/c1-12-8-13(24-17(12)18(20)21-3)9-19(2)10-14-11-22-15-6-4-5-7-16(15)23-14/h4-8,14H,9-11H2,1-3H3. The third-order valence-corrected chi connectivity index (χ3v) is 3.85. The summed E-state index contributed by atoms with van der Waals surface area (Å²) in [5, 5.41) is 0. The molecule has 0 radical (unpaired) electrons. The van der Waals surface area contributed by atoms with E-state index in [1.807, 2.05) is 44.3 Å². The average Bonchev–Trinajstić information content (AvgIpc) is 2.94. The van der Waals surface area contributed by atoms with Crippen molar-refractivity contribution in [3.63, 3.8) is 0 Å². The van der Waals surface area contributed by atoms with Crippen molar-refractivity contribution in [2.24, 2.45) is 0 Å². The van der Waals surface area contributed by atoms with Crippen LogP contribution in [-0.4, -0.2) is 44.3 Å². The lowest BCUT2D eigenvalue weighted by Gasteiger charge is -2.29. The Hall–Kier alpha value is -2.47. The van der Waals surface area contributed by atoms with Crippen molar-refractivity contribution in [1.82, 2.24) is 4.90 Å². The largest absolute Gasteiger partial charge is 0.486 e. The van der Waals surface area contributed by atoms with Gasteiger partial charge in [-0.05, 0) is 32.2 Å². The Morgan fingerprint density at radius 1 is 1.33 bits per heavy atom. The van der Waals surface area contributed by atoms with Crippen molar-refractivity contribution in [1.29, 1.82) is 0 Å². The molecule has 24 heavy (non-hydrogen) atoms. The lowest BCUT2D eigenvalue weighted by molar-refractivity contribution is 0.0549. The van der Waals surface area contributed by atoms with Crippen LogP contribution in [0, 0.1) is 6.92 Å². The summed E-state index contributed by atoms with van der Waals surface area (Å²) in [7, 11) is 3.31. The van der Waals surface area contributed by atoms with Crippen molar-refractivity contribution >= 4 is 5.97 Å². The number of carbonyl (C=O) groups excluding carboxylic acids is 1. The van der Waals surface area contributed by atoms with Crippen molar-refractivity contribution in [3.05, 3.63) is 47.4 Å². The molecule has 0 spiro atoms. The molecule has 0 saturated carbocycles. The predicted octanol–water partition coefficient (Wildman–Crippen LogP) is 2.65. The maximum atomic E-state index is 11.6. The van der Waals surface area contributed by atoms with E-state index < -0.39 is 5.97 Å². The number of esters is 1. The van der Waals surface area contributed by atoms with Gasteiger partial charge in [0.2, 0.25) is 5.76 Å². The van der Waals surface area contributed by atoms with E-state index in [1.54, 1.807) is 0 Å². The fourth-order valence-corrected chi connectivity index (χ4v) is 2.75. The molecule has 1 aromatic carbocycles. The molecule has 0 saturated heterocycles. The number of hydrogen-bond donors (Lipinski definition) is 0. The van der Waals surface area contributed by atoms with Gasteiger partial charge in [-0.2, -0.15) is 0 Å². The quantitative estimate of drug-likeness (QED) is 0.785. The maximum Gasteiger partial charge on any atom is 0.374 e. The summed E-state index contributed by atoms with van der Waals surface area (Å²) in [4.78, 5) is 13.7. The summed E-state index contributed by atoms with van der Waals surface area (Å²) in [5.41, 5.74) is 0.774. The van der Waals surface area contributed by atoms with Gasteiger partial charge in [0, 0.05) is 12.1 Å². The van der Waals surface area contributed by atoms with E-state index in [9.17, 15) is 4.79 Å². The summed E-state index contributed by atoms with van der Waals surface area (Å²) >= 11 is 0. The molecule has 2 aromatic rings. The van der Waals surface area contributed by atoms with Gasteiger partial charge in [0.1, 0.15) is 18.5 Å². The molecule has 2 heterocycles. The second-order valence-electron chi connectivity index (χ2n) is 5.91. The maximum absolute atomic E-state index is 11.6. The Morgan fingerprint density at radius 3 is 2.83 bits per heavy atom. The van der Waals surface area contributed by atoms with Crippen LogP contribution >= 0.6 is 0 Å². The minimum Gasteiger partial charge on any atom is -0.486 e. The molecule has 128 valence electrons. The molecule has 0 bridgehead atoms. The molecule has 1 aliphatic heterocycles. The zero-order valence-corrected chi connectivity index (χ0v) is 14.1. The number of methoxy groups -OCH3 is 1. The zero-order valence-electron chi connectivity index (χ0n) is 14.1. The van der Waals surface area contributed by atoms with Crippen LogP contribution < -0.4 is 9.47 Å². The first-order valence-electron chi connectivity index (χ1n) is 7.81. The number of aryl methyl sites for hydroxylation is 1. The van der Waals surface area contributed by atoms with E-state index in [0.717, 1.165) is 17.1 Å². The number of carbonyl (C=O) groups is 1. The van der Waals surface area contributed by atoms with Crippen LogP contribution in [0.15, 0.2) is 34.7 Å². The Morgan fingerprint density at radius 2 is 2.08 bits per heavy atom. The van der Waals surface area contributed by atoms with E-state index in [1.165, 1.54) is 7.11 Å². The first-order valence-corrected chi connectivity index (χ1v) is 7.81. The zero-order chi connectivity index (χ0) is 17.1. The van der Waals surface area contributed by atoms with E-state index in [0.29, 0.717) is 25.5 Å². The Kier molecular flexibility index (Phi) is 4.76. The van der Waals surface area contributed by atoms with E-state index >= 15 is 0 Å². The fraction of sp³-hybridized carbons (Fsp3) is 0.389.